The van der Waals surface area contributed by atoms with Gasteiger partial charge in [0.15, 0.2) is 5.78 Å². The Labute approximate surface area is 117 Å². The van der Waals surface area contributed by atoms with Crippen molar-refractivity contribution in [2.75, 3.05) is 19.8 Å². The predicted molar refractivity (Wildman–Crippen MR) is 78.3 cm³/mol. The van der Waals surface area contributed by atoms with Crippen molar-refractivity contribution in [3.05, 3.63) is 47.1 Å². The summed E-state index contributed by atoms with van der Waals surface area (Å²) < 4.78 is 0. The summed E-state index contributed by atoms with van der Waals surface area (Å²) in [4.78, 5) is 14.0. The van der Waals surface area contributed by atoms with Crippen LogP contribution in [0.25, 0.3) is 0 Å². The highest BCUT2D eigenvalue weighted by atomic mass is 35.5. The molecule has 0 bridgehead atoms. The van der Waals surface area contributed by atoms with Crippen LogP contribution in [0.3, 0.4) is 0 Å². The molecule has 0 aliphatic carbocycles. The van der Waals surface area contributed by atoms with Crippen molar-refractivity contribution in [1.29, 1.82) is 0 Å². The van der Waals surface area contributed by atoms with Crippen molar-refractivity contribution >= 4 is 29.1 Å². The molecular formula is C14H16ClNOS. The van der Waals surface area contributed by atoms with Gasteiger partial charge in [-0.2, -0.15) is 0 Å². The van der Waals surface area contributed by atoms with Crippen molar-refractivity contribution in [2.24, 2.45) is 0 Å². The van der Waals surface area contributed by atoms with Gasteiger partial charge in [-0.05, 0) is 17.8 Å². The highest BCUT2D eigenvalue weighted by Crippen LogP contribution is 2.40. The second-order valence-electron chi connectivity index (χ2n) is 4.55. The molecule has 1 aromatic rings. The van der Waals surface area contributed by atoms with Gasteiger partial charge >= 0.3 is 0 Å². The molecule has 1 aromatic carbocycles. The molecule has 0 radical (unpaired) electrons. The molecule has 18 heavy (non-hydrogen) atoms. The third kappa shape index (κ3) is 2.90. The summed E-state index contributed by atoms with van der Waals surface area (Å²) in [5.74, 6) is 0.722. The number of thioether (sulfide) groups is 1. The Morgan fingerprint density at radius 2 is 2.11 bits per heavy atom. The van der Waals surface area contributed by atoms with Gasteiger partial charge in [0.25, 0.3) is 0 Å². The number of Topliss-reactive ketones (excluding diaryl/α,β-unsaturated/α-hetero) is 1. The molecule has 2 nitrogen and oxygen atoms in total. The maximum Gasteiger partial charge on any atom is 0.151 e. The van der Waals surface area contributed by atoms with Crippen molar-refractivity contribution in [3.63, 3.8) is 0 Å². The Hall–Kier alpha value is -0.930. The van der Waals surface area contributed by atoms with Gasteiger partial charge in [-0.15, -0.1) is 11.8 Å². The summed E-state index contributed by atoms with van der Waals surface area (Å²) in [7, 11) is 3.95. The quantitative estimate of drug-likeness (QED) is 0.849. The van der Waals surface area contributed by atoms with Crippen LogP contribution >= 0.6 is 23.4 Å². The van der Waals surface area contributed by atoms with E-state index < -0.39 is 0 Å². The van der Waals surface area contributed by atoms with Crippen molar-refractivity contribution in [1.82, 2.24) is 4.90 Å². The largest absolute Gasteiger partial charge is 0.384 e. The topological polar surface area (TPSA) is 20.3 Å². The maximum atomic E-state index is 12.1. The highest BCUT2D eigenvalue weighted by molar-refractivity contribution is 8.01. The van der Waals surface area contributed by atoms with Gasteiger partial charge in [-0.3, -0.25) is 4.79 Å². The molecule has 1 saturated heterocycles. The lowest BCUT2D eigenvalue weighted by Gasteiger charge is -2.16. The molecule has 0 saturated carbocycles. The smallest absolute Gasteiger partial charge is 0.151 e. The van der Waals surface area contributed by atoms with E-state index in [1.807, 2.05) is 49.5 Å². The molecule has 2 atom stereocenters. The zero-order valence-electron chi connectivity index (χ0n) is 10.5. The molecule has 0 N–H and O–H groups in total. The summed E-state index contributed by atoms with van der Waals surface area (Å²) in [6.45, 7) is 0. The molecule has 2 unspecified atom stereocenters. The first-order valence-electron chi connectivity index (χ1n) is 5.83. The SMILES string of the molecule is CN(C)C=CC1SCC(=O)C1c1ccccc1Cl. The number of carbonyl (C=O) groups is 1. The van der Waals surface area contributed by atoms with Gasteiger partial charge < -0.3 is 4.90 Å². The van der Waals surface area contributed by atoms with E-state index in [1.165, 1.54) is 0 Å². The minimum absolute atomic E-state index is 0.111. The van der Waals surface area contributed by atoms with Gasteiger partial charge in [0.05, 0.1) is 11.7 Å². The van der Waals surface area contributed by atoms with E-state index in [0.29, 0.717) is 10.8 Å². The van der Waals surface area contributed by atoms with Crippen LogP contribution in [0.4, 0.5) is 0 Å². The predicted octanol–water partition coefficient (Wildman–Crippen LogP) is 3.18. The van der Waals surface area contributed by atoms with Gasteiger partial charge in [-0.25, -0.2) is 0 Å². The summed E-state index contributed by atoms with van der Waals surface area (Å²) in [6.07, 6.45) is 4.09. The minimum atomic E-state index is -0.111. The second-order valence-corrected chi connectivity index (χ2v) is 6.12. The van der Waals surface area contributed by atoms with Crippen LogP contribution in [-0.2, 0) is 4.79 Å². The Kier molecular flexibility index (Phi) is 4.36. The number of benzene rings is 1. The summed E-state index contributed by atoms with van der Waals surface area (Å²) >= 11 is 7.88. The van der Waals surface area contributed by atoms with Crippen LogP contribution < -0.4 is 0 Å². The average molecular weight is 282 g/mol. The van der Waals surface area contributed by atoms with E-state index in [1.54, 1.807) is 11.8 Å². The second kappa shape index (κ2) is 5.81. The number of hydrogen-bond acceptors (Lipinski definition) is 3. The summed E-state index contributed by atoms with van der Waals surface area (Å²) in [5.41, 5.74) is 0.947. The molecular weight excluding hydrogens is 266 g/mol. The fraction of sp³-hybridized carbons (Fsp3) is 0.357. The molecule has 1 heterocycles. The number of halogens is 1. The fourth-order valence-electron chi connectivity index (χ4n) is 2.05. The molecule has 1 aliphatic rings. The number of rotatable bonds is 3. The van der Waals surface area contributed by atoms with Gasteiger partial charge in [-0.1, -0.05) is 35.9 Å². The standard InChI is InChI=1S/C14H16ClNOS/c1-16(2)8-7-13-14(12(17)9-18-13)10-5-3-4-6-11(10)15/h3-8,13-14H,9H2,1-2H3. The average Bonchev–Trinajstić information content (AvgIpc) is 2.69. The lowest BCUT2D eigenvalue weighted by Crippen LogP contribution is -2.16. The zero-order chi connectivity index (χ0) is 13.1. The highest BCUT2D eigenvalue weighted by Gasteiger charge is 2.36. The molecule has 1 fully saturated rings. The first-order chi connectivity index (χ1) is 8.59. The van der Waals surface area contributed by atoms with E-state index in [0.717, 1.165) is 5.56 Å². The number of hydrogen-bond donors (Lipinski definition) is 0. The van der Waals surface area contributed by atoms with Gasteiger partial charge in [0.2, 0.25) is 0 Å². The van der Waals surface area contributed by atoms with E-state index in [2.05, 4.69) is 6.08 Å². The molecule has 2 rings (SSSR count). The lowest BCUT2D eigenvalue weighted by atomic mass is 9.92. The van der Waals surface area contributed by atoms with E-state index in [-0.39, 0.29) is 17.0 Å². The first-order valence-corrected chi connectivity index (χ1v) is 7.26. The van der Waals surface area contributed by atoms with Crippen molar-refractivity contribution < 1.29 is 4.79 Å². The molecule has 1 aliphatic heterocycles. The minimum Gasteiger partial charge on any atom is -0.384 e. The molecule has 0 amide bonds. The van der Waals surface area contributed by atoms with Crippen molar-refractivity contribution in [2.45, 2.75) is 11.2 Å². The van der Waals surface area contributed by atoms with E-state index in [4.69, 9.17) is 11.6 Å². The first kappa shape index (κ1) is 13.5. The van der Waals surface area contributed by atoms with E-state index in [9.17, 15) is 4.79 Å². The monoisotopic (exact) mass is 281 g/mol. The molecule has 0 spiro atoms. The van der Waals surface area contributed by atoms with Crippen LogP contribution in [0.5, 0.6) is 0 Å². The van der Waals surface area contributed by atoms with Gasteiger partial charge in [0.1, 0.15) is 0 Å². The summed E-state index contributed by atoms with van der Waals surface area (Å²) in [5, 5.41) is 0.862. The lowest BCUT2D eigenvalue weighted by molar-refractivity contribution is -0.117. The number of carbonyl (C=O) groups excluding carboxylic acids is 1. The Balaban J connectivity index is 2.28. The van der Waals surface area contributed by atoms with Crippen LogP contribution in [0.15, 0.2) is 36.5 Å². The number of ketones is 1. The van der Waals surface area contributed by atoms with Crippen LogP contribution in [0.2, 0.25) is 5.02 Å². The van der Waals surface area contributed by atoms with Crippen LogP contribution in [0, 0.1) is 0 Å². The third-order valence-corrected chi connectivity index (χ3v) is 4.52. The van der Waals surface area contributed by atoms with Crippen molar-refractivity contribution in [3.8, 4) is 0 Å². The van der Waals surface area contributed by atoms with Gasteiger partial charge in [0, 0.05) is 24.4 Å². The zero-order valence-corrected chi connectivity index (χ0v) is 12.0. The van der Waals surface area contributed by atoms with Crippen LogP contribution in [-0.4, -0.2) is 35.8 Å². The maximum absolute atomic E-state index is 12.1. The molecule has 0 aromatic heterocycles. The van der Waals surface area contributed by atoms with Crippen LogP contribution in [0.1, 0.15) is 11.5 Å². The van der Waals surface area contributed by atoms with E-state index >= 15 is 0 Å². The molecule has 96 valence electrons. The normalized spacial score (nSPS) is 23.8. The third-order valence-electron chi connectivity index (χ3n) is 2.91. The molecule has 4 heteroatoms. The fourth-order valence-corrected chi connectivity index (χ4v) is 3.51. The Morgan fingerprint density at radius 3 is 2.78 bits per heavy atom. The summed E-state index contributed by atoms with van der Waals surface area (Å²) in [6, 6.07) is 7.63. The Bertz CT molecular complexity index is 473. The number of nitrogens with zero attached hydrogens (tertiary/aromatic N) is 1. The Morgan fingerprint density at radius 1 is 1.39 bits per heavy atom.